The summed E-state index contributed by atoms with van der Waals surface area (Å²) in [6.07, 6.45) is 4.51. The third-order valence-electron chi connectivity index (χ3n) is 2.59. The van der Waals surface area contributed by atoms with Gasteiger partial charge in [0.05, 0.1) is 12.2 Å². The minimum Gasteiger partial charge on any atom is -0.373 e. The lowest BCUT2D eigenvalue weighted by atomic mass is 9.87. The van der Waals surface area contributed by atoms with E-state index in [1.54, 1.807) is 0 Å². The monoisotopic (exact) mass is 171 g/mol. The van der Waals surface area contributed by atoms with Gasteiger partial charge in [-0.1, -0.05) is 20.8 Å². The van der Waals surface area contributed by atoms with Gasteiger partial charge in [-0.3, -0.25) is 0 Å². The Kier molecular flexibility index (Phi) is 3.13. The largest absolute Gasteiger partial charge is 0.373 e. The number of nitrogens with two attached hydrogens (primary N) is 1. The average molecular weight is 171 g/mol. The number of hydrogen-bond donors (Lipinski definition) is 1. The van der Waals surface area contributed by atoms with Crippen molar-refractivity contribution >= 4 is 0 Å². The third kappa shape index (κ3) is 2.46. The second kappa shape index (κ2) is 3.75. The Morgan fingerprint density at radius 3 is 2.25 bits per heavy atom. The summed E-state index contributed by atoms with van der Waals surface area (Å²) >= 11 is 0. The highest BCUT2D eigenvalue weighted by atomic mass is 16.5. The summed E-state index contributed by atoms with van der Waals surface area (Å²) in [5.74, 6) is 0. The minimum absolute atomic E-state index is 0.185. The summed E-state index contributed by atoms with van der Waals surface area (Å²) in [5.41, 5.74) is 5.85. The van der Waals surface area contributed by atoms with Crippen LogP contribution >= 0.6 is 0 Å². The van der Waals surface area contributed by atoms with E-state index in [4.69, 9.17) is 10.5 Å². The number of hydrogen-bond acceptors (Lipinski definition) is 2. The molecule has 12 heavy (non-hydrogen) atoms. The molecule has 0 radical (unpaired) electrons. The van der Waals surface area contributed by atoms with Crippen LogP contribution in [0, 0.1) is 5.41 Å². The van der Waals surface area contributed by atoms with Crippen molar-refractivity contribution in [3.63, 3.8) is 0 Å². The van der Waals surface area contributed by atoms with Crippen molar-refractivity contribution < 1.29 is 4.74 Å². The maximum absolute atomic E-state index is 5.88. The predicted octanol–water partition coefficient (Wildman–Crippen LogP) is 1.93. The highest BCUT2D eigenvalue weighted by molar-refractivity contribution is 4.79. The van der Waals surface area contributed by atoms with Crippen LogP contribution in [0.1, 0.15) is 40.0 Å². The van der Waals surface area contributed by atoms with E-state index in [1.807, 2.05) is 0 Å². The van der Waals surface area contributed by atoms with E-state index in [0.717, 1.165) is 0 Å². The molecule has 0 heterocycles. The van der Waals surface area contributed by atoms with Crippen molar-refractivity contribution in [3.8, 4) is 0 Å². The van der Waals surface area contributed by atoms with E-state index < -0.39 is 0 Å². The molecule has 2 N–H and O–H groups in total. The fourth-order valence-corrected chi connectivity index (χ4v) is 1.35. The molecule has 1 rings (SSSR count). The van der Waals surface area contributed by atoms with Crippen LogP contribution in [0.4, 0.5) is 0 Å². The highest BCUT2D eigenvalue weighted by Crippen LogP contribution is 2.29. The van der Waals surface area contributed by atoms with Gasteiger partial charge in [0.2, 0.25) is 0 Å². The van der Waals surface area contributed by atoms with Crippen LogP contribution in [0.25, 0.3) is 0 Å². The Morgan fingerprint density at radius 2 is 2.00 bits per heavy atom. The molecule has 0 amide bonds. The van der Waals surface area contributed by atoms with Crippen LogP contribution in [-0.2, 0) is 4.74 Å². The second-order valence-corrected chi connectivity index (χ2v) is 4.78. The zero-order valence-corrected chi connectivity index (χ0v) is 8.47. The molecular formula is C10H21NO. The summed E-state index contributed by atoms with van der Waals surface area (Å²) in [6.45, 7) is 7.19. The molecule has 2 nitrogen and oxygen atoms in total. The molecular weight excluding hydrogens is 150 g/mol. The van der Waals surface area contributed by atoms with Gasteiger partial charge < -0.3 is 10.5 Å². The number of ether oxygens (including phenoxy) is 1. The maximum Gasteiger partial charge on any atom is 0.0749 e. The highest BCUT2D eigenvalue weighted by Gasteiger charge is 2.29. The van der Waals surface area contributed by atoms with E-state index >= 15 is 0 Å². The Hall–Kier alpha value is -0.0800. The molecule has 1 aliphatic carbocycles. The molecule has 0 bridgehead atoms. The van der Waals surface area contributed by atoms with Crippen LogP contribution in [-0.4, -0.2) is 18.8 Å². The summed E-state index contributed by atoms with van der Waals surface area (Å²) in [4.78, 5) is 0. The van der Waals surface area contributed by atoms with Gasteiger partial charge in [0.15, 0.2) is 0 Å². The maximum atomic E-state index is 5.88. The van der Waals surface area contributed by atoms with Crippen LogP contribution < -0.4 is 5.73 Å². The zero-order valence-electron chi connectivity index (χ0n) is 8.47. The third-order valence-corrected chi connectivity index (χ3v) is 2.59. The van der Waals surface area contributed by atoms with Crippen molar-refractivity contribution in [2.24, 2.45) is 11.1 Å². The molecule has 1 unspecified atom stereocenters. The Morgan fingerprint density at radius 1 is 1.42 bits per heavy atom. The number of rotatable bonds is 3. The standard InChI is InChI=1S/C10H21NO/c1-10(2,3)9(7-11)12-8-5-4-6-8/h8-9H,4-7,11H2,1-3H3. The van der Waals surface area contributed by atoms with Crippen LogP contribution in [0.2, 0.25) is 0 Å². The van der Waals surface area contributed by atoms with Crippen LogP contribution in [0.5, 0.6) is 0 Å². The molecule has 1 atom stereocenters. The zero-order chi connectivity index (χ0) is 9.19. The van der Waals surface area contributed by atoms with Gasteiger partial charge in [0.25, 0.3) is 0 Å². The molecule has 0 saturated heterocycles. The van der Waals surface area contributed by atoms with Gasteiger partial charge in [0.1, 0.15) is 0 Å². The van der Waals surface area contributed by atoms with Gasteiger partial charge in [-0.05, 0) is 24.7 Å². The molecule has 1 aliphatic rings. The predicted molar refractivity (Wildman–Crippen MR) is 51.0 cm³/mol. The van der Waals surface area contributed by atoms with E-state index in [2.05, 4.69) is 20.8 Å². The first-order chi connectivity index (χ1) is 5.54. The molecule has 1 fully saturated rings. The van der Waals surface area contributed by atoms with Gasteiger partial charge >= 0.3 is 0 Å². The van der Waals surface area contributed by atoms with Crippen LogP contribution in [0.15, 0.2) is 0 Å². The Bertz CT molecular complexity index is 135. The molecule has 72 valence electrons. The van der Waals surface area contributed by atoms with E-state index in [0.29, 0.717) is 12.6 Å². The fourth-order valence-electron chi connectivity index (χ4n) is 1.35. The lowest BCUT2D eigenvalue weighted by molar-refractivity contribution is -0.0899. The molecule has 0 aromatic carbocycles. The lowest BCUT2D eigenvalue weighted by Gasteiger charge is -2.36. The molecule has 2 heteroatoms. The quantitative estimate of drug-likeness (QED) is 0.704. The molecule has 1 saturated carbocycles. The minimum atomic E-state index is 0.185. The lowest BCUT2D eigenvalue weighted by Crippen LogP contribution is -2.40. The van der Waals surface area contributed by atoms with Crippen molar-refractivity contribution in [3.05, 3.63) is 0 Å². The first-order valence-corrected chi connectivity index (χ1v) is 4.89. The molecule has 0 aromatic rings. The SMILES string of the molecule is CC(C)(C)C(CN)OC1CCC1. The van der Waals surface area contributed by atoms with E-state index in [1.165, 1.54) is 19.3 Å². The molecule has 0 aromatic heterocycles. The van der Waals surface area contributed by atoms with Crippen molar-refractivity contribution in [2.45, 2.75) is 52.2 Å². The van der Waals surface area contributed by atoms with Crippen LogP contribution in [0.3, 0.4) is 0 Å². The summed E-state index contributed by atoms with van der Waals surface area (Å²) in [5, 5.41) is 0. The van der Waals surface area contributed by atoms with Gasteiger partial charge in [-0.2, -0.15) is 0 Å². The van der Waals surface area contributed by atoms with Gasteiger partial charge in [-0.15, -0.1) is 0 Å². The average Bonchev–Trinajstić information content (AvgIpc) is 1.82. The van der Waals surface area contributed by atoms with E-state index in [9.17, 15) is 0 Å². The first-order valence-electron chi connectivity index (χ1n) is 4.89. The van der Waals surface area contributed by atoms with Gasteiger partial charge in [0, 0.05) is 6.54 Å². The van der Waals surface area contributed by atoms with Crippen molar-refractivity contribution in [1.82, 2.24) is 0 Å². The van der Waals surface area contributed by atoms with Gasteiger partial charge in [-0.25, -0.2) is 0 Å². The molecule has 0 spiro atoms. The Labute approximate surface area is 75.5 Å². The topological polar surface area (TPSA) is 35.2 Å². The summed E-state index contributed by atoms with van der Waals surface area (Å²) in [6, 6.07) is 0. The fraction of sp³-hybridized carbons (Fsp3) is 1.00. The van der Waals surface area contributed by atoms with E-state index in [-0.39, 0.29) is 11.5 Å². The first kappa shape index (κ1) is 10.0. The summed E-state index contributed by atoms with van der Waals surface area (Å²) in [7, 11) is 0. The summed E-state index contributed by atoms with van der Waals surface area (Å²) < 4.78 is 5.88. The normalized spacial score (nSPS) is 22.0. The smallest absolute Gasteiger partial charge is 0.0749 e. The Balaban J connectivity index is 2.34. The van der Waals surface area contributed by atoms with Crippen molar-refractivity contribution in [1.29, 1.82) is 0 Å². The van der Waals surface area contributed by atoms with Crippen molar-refractivity contribution in [2.75, 3.05) is 6.54 Å². The molecule has 0 aliphatic heterocycles. The second-order valence-electron chi connectivity index (χ2n) is 4.78.